The summed E-state index contributed by atoms with van der Waals surface area (Å²) in [4.78, 5) is 22.3. The fourth-order valence-electron chi connectivity index (χ4n) is 3.21. The monoisotopic (exact) mass is 324 g/mol. The molecule has 8 nitrogen and oxygen atoms in total. The van der Waals surface area contributed by atoms with Gasteiger partial charge in [0.1, 0.15) is 23.8 Å². The summed E-state index contributed by atoms with van der Waals surface area (Å²) < 4.78 is 1.80. The van der Waals surface area contributed by atoms with E-state index in [1.54, 1.807) is 11.0 Å². The van der Waals surface area contributed by atoms with Crippen LogP contribution in [0.5, 0.6) is 0 Å². The van der Waals surface area contributed by atoms with Gasteiger partial charge in [0.15, 0.2) is 5.65 Å². The largest absolute Gasteiger partial charge is 0.353 e. The summed E-state index contributed by atoms with van der Waals surface area (Å²) >= 11 is 0. The highest BCUT2D eigenvalue weighted by atomic mass is 15.3. The van der Waals surface area contributed by atoms with Gasteiger partial charge in [-0.1, -0.05) is 0 Å². The molecule has 0 aromatic carbocycles. The van der Waals surface area contributed by atoms with E-state index in [0.717, 1.165) is 60.2 Å². The van der Waals surface area contributed by atoms with Gasteiger partial charge in [0.25, 0.3) is 0 Å². The van der Waals surface area contributed by atoms with Crippen molar-refractivity contribution in [3.8, 4) is 0 Å². The Hall–Kier alpha value is -2.77. The highest BCUT2D eigenvalue weighted by molar-refractivity contribution is 5.87. The quantitative estimate of drug-likeness (QED) is 0.698. The zero-order chi connectivity index (χ0) is 16.7. The van der Waals surface area contributed by atoms with E-state index in [0.29, 0.717) is 0 Å². The van der Waals surface area contributed by atoms with Crippen LogP contribution in [-0.2, 0) is 7.05 Å². The first-order chi connectivity index (χ1) is 11.6. The lowest BCUT2D eigenvalue weighted by atomic mass is 10.2. The van der Waals surface area contributed by atoms with Gasteiger partial charge < -0.3 is 9.80 Å². The van der Waals surface area contributed by atoms with E-state index in [1.807, 2.05) is 26.4 Å². The van der Waals surface area contributed by atoms with Crippen LogP contribution in [-0.4, -0.2) is 55.9 Å². The molecule has 0 unspecified atom stereocenters. The van der Waals surface area contributed by atoms with Crippen LogP contribution in [0, 0.1) is 13.8 Å². The van der Waals surface area contributed by atoms with Gasteiger partial charge in [-0.15, -0.1) is 0 Å². The second-order valence-corrected chi connectivity index (χ2v) is 6.10. The minimum absolute atomic E-state index is 0.773. The molecule has 3 aromatic heterocycles. The number of anilines is 2. The fraction of sp³-hybridized carbons (Fsp3) is 0.438. The number of hydrogen-bond acceptors (Lipinski definition) is 7. The summed E-state index contributed by atoms with van der Waals surface area (Å²) in [6, 6.07) is 0. The number of fused-ring (bicyclic) bond motifs is 1. The summed E-state index contributed by atoms with van der Waals surface area (Å²) in [5, 5.41) is 5.34. The maximum Gasteiger partial charge on any atom is 0.163 e. The number of rotatable bonds is 2. The standard InChI is InChI=1S/C16H20N8/c1-11-8-17-10-18-14(11)23-4-6-24(7-5-23)16-13-9-19-22(3)15(13)20-12(2)21-16/h8-10H,4-7H2,1-3H3. The molecule has 0 atom stereocenters. The Morgan fingerprint density at radius 3 is 2.33 bits per heavy atom. The topological polar surface area (TPSA) is 75.9 Å². The molecule has 0 N–H and O–H groups in total. The third-order valence-electron chi connectivity index (χ3n) is 4.43. The molecule has 1 fully saturated rings. The molecule has 1 saturated heterocycles. The lowest BCUT2D eigenvalue weighted by Crippen LogP contribution is -2.47. The molecule has 0 amide bonds. The van der Waals surface area contributed by atoms with Gasteiger partial charge in [0, 0.05) is 45.0 Å². The van der Waals surface area contributed by atoms with Gasteiger partial charge >= 0.3 is 0 Å². The Bertz CT molecular complexity index is 879. The Morgan fingerprint density at radius 2 is 1.62 bits per heavy atom. The Kier molecular flexibility index (Phi) is 3.51. The van der Waals surface area contributed by atoms with E-state index in [1.165, 1.54) is 0 Å². The molecular weight excluding hydrogens is 304 g/mol. The molecule has 8 heteroatoms. The van der Waals surface area contributed by atoms with Gasteiger partial charge in [-0.2, -0.15) is 5.10 Å². The molecular formula is C16H20N8. The van der Waals surface area contributed by atoms with Crippen molar-refractivity contribution >= 4 is 22.7 Å². The van der Waals surface area contributed by atoms with Gasteiger partial charge in [0.05, 0.1) is 11.6 Å². The highest BCUT2D eigenvalue weighted by Crippen LogP contribution is 2.25. The normalized spacial score (nSPS) is 15.3. The summed E-state index contributed by atoms with van der Waals surface area (Å²) in [5.74, 6) is 2.77. The molecule has 0 spiro atoms. The van der Waals surface area contributed by atoms with Crippen LogP contribution in [0.25, 0.3) is 11.0 Å². The smallest absolute Gasteiger partial charge is 0.163 e. The molecule has 4 rings (SSSR count). The Balaban J connectivity index is 1.59. The van der Waals surface area contributed by atoms with Crippen molar-refractivity contribution in [3.63, 3.8) is 0 Å². The zero-order valence-electron chi connectivity index (χ0n) is 14.1. The molecule has 0 radical (unpaired) electrons. The summed E-state index contributed by atoms with van der Waals surface area (Å²) in [6.45, 7) is 7.57. The van der Waals surface area contributed by atoms with Crippen LogP contribution in [0.4, 0.5) is 11.6 Å². The Labute approximate surface area is 140 Å². The number of nitrogens with zero attached hydrogens (tertiary/aromatic N) is 8. The summed E-state index contributed by atoms with van der Waals surface area (Å²) in [7, 11) is 1.91. The molecule has 4 heterocycles. The van der Waals surface area contributed by atoms with Crippen LogP contribution in [0.15, 0.2) is 18.7 Å². The zero-order valence-corrected chi connectivity index (χ0v) is 14.1. The second kappa shape index (κ2) is 5.70. The van der Waals surface area contributed by atoms with Crippen LogP contribution in [0.1, 0.15) is 11.4 Å². The molecule has 0 bridgehead atoms. The van der Waals surface area contributed by atoms with Crippen LogP contribution < -0.4 is 9.80 Å². The molecule has 0 aliphatic carbocycles. The van der Waals surface area contributed by atoms with Crippen molar-refractivity contribution < 1.29 is 0 Å². The van der Waals surface area contributed by atoms with E-state index in [-0.39, 0.29) is 0 Å². The Morgan fingerprint density at radius 1 is 0.917 bits per heavy atom. The lowest BCUT2D eigenvalue weighted by molar-refractivity contribution is 0.640. The first-order valence-electron chi connectivity index (χ1n) is 8.06. The van der Waals surface area contributed by atoms with E-state index < -0.39 is 0 Å². The van der Waals surface area contributed by atoms with Crippen molar-refractivity contribution in [2.75, 3.05) is 36.0 Å². The number of aromatic nitrogens is 6. The first-order valence-corrected chi connectivity index (χ1v) is 8.06. The molecule has 24 heavy (non-hydrogen) atoms. The second-order valence-electron chi connectivity index (χ2n) is 6.10. The predicted molar refractivity (Wildman–Crippen MR) is 92.2 cm³/mol. The van der Waals surface area contributed by atoms with Crippen LogP contribution in [0.3, 0.4) is 0 Å². The average Bonchev–Trinajstić information content (AvgIpc) is 2.96. The number of hydrogen-bond donors (Lipinski definition) is 0. The summed E-state index contributed by atoms with van der Waals surface area (Å²) in [6.07, 6.45) is 5.33. The maximum absolute atomic E-state index is 4.67. The highest BCUT2D eigenvalue weighted by Gasteiger charge is 2.23. The van der Waals surface area contributed by atoms with Crippen LogP contribution in [0.2, 0.25) is 0 Å². The van der Waals surface area contributed by atoms with Crippen molar-refractivity contribution in [2.24, 2.45) is 7.05 Å². The van der Waals surface area contributed by atoms with E-state index in [9.17, 15) is 0 Å². The van der Waals surface area contributed by atoms with Gasteiger partial charge in [-0.05, 0) is 13.8 Å². The maximum atomic E-state index is 4.67. The van der Waals surface area contributed by atoms with Crippen molar-refractivity contribution in [1.82, 2.24) is 29.7 Å². The molecule has 3 aromatic rings. The summed E-state index contributed by atoms with van der Waals surface area (Å²) in [5.41, 5.74) is 1.99. The predicted octanol–water partition coefficient (Wildman–Crippen LogP) is 1.10. The third kappa shape index (κ3) is 2.44. The van der Waals surface area contributed by atoms with Gasteiger partial charge in [-0.25, -0.2) is 19.9 Å². The average molecular weight is 324 g/mol. The molecule has 1 aliphatic rings. The minimum atomic E-state index is 0.773. The minimum Gasteiger partial charge on any atom is -0.353 e. The number of aryl methyl sites for hydroxylation is 3. The first kappa shape index (κ1) is 14.8. The van der Waals surface area contributed by atoms with E-state index >= 15 is 0 Å². The van der Waals surface area contributed by atoms with E-state index in [4.69, 9.17) is 0 Å². The lowest BCUT2D eigenvalue weighted by Gasteiger charge is -2.36. The molecule has 124 valence electrons. The van der Waals surface area contributed by atoms with Crippen molar-refractivity contribution in [1.29, 1.82) is 0 Å². The van der Waals surface area contributed by atoms with Crippen molar-refractivity contribution in [2.45, 2.75) is 13.8 Å². The molecule has 0 saturated carbocycles. The van der Waals surface area contributed by atoms with Crippen LogP contribution >= 0.6 is 0 Å². The number of piperazine rings is 1. The van der Waals surface area contributed by atoms with Gasteiger partial charge in [-0.3, -0.25) is 4.68 Å². The fourth-order valence-corrected chi connectivity index (χ4v) is 3.21. The van der Waals surface area contributed by atoms with E-state index in [2.05, 4.69) is 41.8 Å². The SMILES string of the molecule is Cc1nc(N2CCN(c3ncncc3C)CC2)c2cnn(C)c2n1. The third-order valence-corrected chi connectivity index (χ3v) is 4.43. The van der Waals surface area contributed by atoms with Crippen molar-refractivity contribution in [3.05, 3.63) is 30.1 Å². The van der Waals surface area contributed by atoms with Gasteiger partial charge in [0.2, 0.25) is 0 Å². The molecule has 1 aliphatic heterocycles.